The summed E-state index contributed by atoms with van der Waals surface area (Å²) in [6.45, 7) is 8.67. The van der Waals surface area contributed by atoms with E-state index in [1.54, 1.807) is 19.6 Å². The highest BCUT2D eigenvalue weighted by Gasteiger charge is 2.52. The smallest absolute Gasteiger partial charge is 0.225 e. The van der Waals surface area contributed by atoms with Crippen LogP contribution in [0.4, 0.5) is 11.9 Å². The van der Waals surface area contributed by atoms with Crippen molar-refractivity contribution in [2.45, 2.75) is 59.2 Å². The second-order valence-electron chi connectivity index (χ2n) is 13.5. The van der Waals surface area contributed by atoms with Gasteiger partial charge in [0.25, 0.3) is 0 Å². The summed E-state index contributed by atoms with van der Waals surface area (Å²) in [4.78, 5) is 47.1. The molecular formula is C39H40N10O2. The number of carbonyl (C=O) groups excluding carboxylic acids is 1. The molecule has 0 saturated carbocycles. The molecule has 0 amide bonds. The molecule has 1 aliphatic carbocycles. The highest BCUT2D eigenvalue weighted by Crippen LogP contribution is 2.51. The third-order valence-corrected chi connectivity index (χ3v) is 9.41. The molecule has 12 nitrogen and oxygen atoms in total. The van der Waals surface area contributed by atoms with Crippen LogP contribution in [0.15, 0.2) is 103 Å². The summed E-state index contributed by atoms with van der Waals surface area (Å²) in [5.74, 6) is 0.823. The Kier molecular flexibility index (Phi) is 9.01. The van der Waals surface area contributed by atoms with Crippen LogP contribution in [0.5, 0.6) is 0 Å². The number of H-pyrrole nitrogens is 2. The minimum atomic E-state index is -1.56. The van der Waals surface area contributed by atoms with Gasteiger partial charge in [0, 0.05) is 36.9 Å². The number of carbonyl (C=O) groups is 1. The lowest BCUT2D eigenvalue weighted by molar-refractivity contribution is -0.121. The maximum Gasteiger partial charge on any atom is 0.225 e. The van der Waals surface area contributed by atoms with Crippen LogP contribution in [0.1, 0.15) is 56.6 Å². The number of benzene rings is 2. The number of aromatic nitrogens is 8. The molecule has 0 unspecified atom stereocenters. The first-order valence-corrected chi connectivity index (χ1v) is 16.9. The van der Waals surface area contributed by atoms with Crippen LogP contribution in [0.2, 0.25) is 0 Å². The van der Waals surface area contributed by atoms with Gasteiger partial charge >= 0.3 is 0 Å². The van der Waals surface area contributed by atoms with Gasteiger partial charge in [-0.25, -0.2) is 19.9 Å². The van der Waals surface area contributed by atoms with Crippen molar-refractivity contribution in [3.63, 3.8) is 0 Å². The number of hydrogen-bond donors (Lipinski definition) is 5. The summed E-state index contributed by atoms with van der Waals surface area (Å²) in [6, 6.07) is 20.0. The SMILES string of the molecule is CC1=CC(=O)CC(C)(C)[C@@]1(O)/C(=C/C(C)=C\Cc1nc(NCc2ccccc2)nc2nc[nH]c12)c1nc(NCc2ccccc2)nc2nc[nH]c12. The van der Waals surface area contributed by atoms with Crippen molar-refractivity contribution in [1.82, 2.24) is 39.9 Å². The topological polar surface area (TPSA) is 170 Å². The second kappa shape index (κ2) is 13.7. The van der Waals surface area contributed by atoms with Crippen LogP contribution in [-0.4, -0.2) is 56.4 Å². The highest BCUT2D eigenvalue weighted by molar-refractivity contribution is 5.97. The van der Waals surface area contributed by atoms with Gasteiger partial charge in [0.2, 0.25) is 11.9 Å². The van der Waals surface area contributed by atoms with Gasteiger partial charge in [-0.2, -0.15) is 9.97 Å². The summed E-state index contributed by atoms with van der Waals surface area (Å²) in [5, 5.41) is 19.5. The number of fused-ring (bicyclic) bond motifs is 2. The molecule has 0 fully saturated rings. The van der Waals surface area contributed by atoms with Crippen molar-refractivity contribution >= 4 is 45.6 Å². The van der Waals surface area contributed by atoms with E-state index < -0.39 is 11.0 Å². The quantitative estimate of drug-likeness (QED) is 0.0953. The standard InChI is InChI=1S/C39H40N10O2/c1-24(15-16-30-32-34(44-22-42-32)48-36(46-30)40-20-26-11-7-5-8-12-26)17-29(39(51)25(2)18-28(50)19-38(39,3)4)31-33-35(45-23-43-33)49-37(47-31)41-21-27-13-9-6-10-14-27/h5-15,17-18,22-23,51H,16,19-21H2,1-4H3,(H2,40,42,44,46,48)(H2,41,43,45,47,49)/b24-15-,29-17+/t39-/m0/s1. The molecule has 5 N–H and O–H groups in total. The van der Waals surface area contributed by atoms with E-state index in [0.717, 1.165) is 27.9 Å². The van der Waals surface area contributed by atoms with Gasteiger partial charge in [-0.3, -0.25) is 4.79 Å². The summed E-state index contributed by atoms with van der Waals surface area (Å²) in [5.41, 5.74) is 5.30. The van der Waals surface area contributed by atoms with Crippen molar-refractivity contribution in [2.75, 3.05) is 10.6 Å². The summed E-state index contributed by atoms with van der Waals surface area (Å²) >= 11 is 0. The first-order chi connectivity index (χ1) is 24.6. The minimum Gasteiger partial charge on any atom is -0.380 e. The zero-order valence-electron chi connectivity index (χ0n) is 29.0. The Morgan fingerprint density at radius 1 is 0.843 bits per heavy atom. The maximum atomic E-state index is 12.9. The molecule has 0 saturated heterocycles. The predicted molar refractivity (Wildman–Crippen MR) is 198 cm³/mol. The molecule has 0 aliphatic heterocycles. The van der Waals surface area contributed by atoms with Gasteiger partial charge in [0.1, 0.15) is 22.3 Å². The molecule has 1 atom stereocenters. The molecule has 258 valence electrons. The number of aromatic amines is 2. The van der Waals surface area contributed by atoms with E-state index in [1.807, 2.05) is 93.6 Å². The highest BCUT2D eigenvalue weighted by atomic mass is 16.3. The Labute approximate surface area is 295 Å². The zero-order chi connectivity index (χ0) is 35.6. The molecule has 0 bridgehead atoms. The lowest BCUT2D eigenvalue weighted by Gasteiger charge is -2.47. The summed E-state index contributed by atoms with van der Waals surface area (Å²) in [7, 11) is 0. The van der Waals surface area contributed by atoms with E-state index in [-0.39, 0.29) is 12.2 Å². The Bertz CT molecular complexity index is 2300. The molecule has 4 heterocycles. The fourth-order valence-electron chi connectivity index (χ4n) is 6.74. The number of imidazole rings is 2. The Balaban J connectivity index is 1.29. The Hall–Kier alpha value is -6.01. The molecule has 0 spiro atoms. The number of hydrogen-bond acceptors (Lipinski definition) is 10. The zero-order valence-corrected chi connectivity index (χ0v) is 29.0. The van der Waals surface area contributed by atoms with E-state index in [1.165, 1.54) is 6.08 Å². The lowest BCUT2D eigenvalue weighted by atomic mass is 9.60. The van der Waals surface area contributed by atoms with Crippen LogP contribution < -0.4 is 10.6 Å². The van der Waals surface area contributed by atoms with Crippen LogP contribution in [0, 0.1) is 5.41 Å². The number of nitrogens with one attached hydrogen (secondary N) is 4. The number of allylic oxidation sites excluding steroid dienone is 4. The van der Waals surface area contributed by atoms with Gasteiger partial charge < -0.3 is 25.7 Å². The molecule has 4 aromatic heterocycles. The number of ketones is 1. The number of nitrogens with zero attached hydrogens (tertiary/aromatic N) is 6. The van der Waals surface area contributed by atoms with Gasteiger partial charge in [0.05, 0.1) is 18.3 Å². The largest absolute Gasteiger partial charge is 0.380 e. The van der Waals surface area contributed by atoms with Crippen molar-refractivity contribution in [2.24, 2.45) is 5.41 Å². The molecule has 0 radical (unpaired) electrons. The summed E-state index contributed by atoms with van der Waals surface area (Å²) < 4.78 is 0. The predicted octanol–water partition coefficient (Wildman–Crippen LogP) is 6.49. The van der Waals surface area contributed by atoms with Gasteiger partial charge in [0.15, 0.2) is 17.1 Å². The molecular weight excluding hydrogens is 640 g/mol. The van der Waals surface area contributed by atoms with E-state index >= 15 is 0 Å². The average molecular weight is 681 g/mol. The number of aliphatic hydroxyl groups is 1. The van der Waals surface area contributed by atoms with Crippen LogP contribution >= 0.6 is 0 Å². The first-order valence-electron chi connectivity index (χ1n) is 16.9. The van der Waals surface area contributed by atoms with Crippen molar-refractivity contribution < 1.29 is 9.90 Å². The fraction of sp³-hybridized carbons (Fsp3) is 0.256. The molecule has 51 heavy (non-hydrogen) atoms. The normalized spacial score (nSPS) is 17.9. The Morgan fingerprint density at radius 2 is 1.41 bits per heavy atom. The Morgan fingerprint density at radius 3 is 2.02 bits per heavy atom. The molecule has 1 aliphatic rings. The molecule has 12 heteroatoms. The lowest BCUT2D eigenvalue weighted by Crippen LogP contribution is -2.50. The molecule has 7 rings (SSSR count). The second-order valence-corrected chi connectivity index (χ2v) is 13.5. The van der Waals surface area contributed by atoms with Gasteiger partial charge in [-0.1, -0.05) is 92.2 Å². The third-order valence-electron chi connectivity index (χ3n) is 9.41. The van der Waals surface area contributed by atoms with E-state index in [9.17, 15) is 9.90 Å². The van der Waals surface area contributed by atoms with Crippen molar-refractivity contribution in [3.8, 4) is 0 Å². The van der Waals surface area contributed by atoms with Crippen molar-refractivity contribution in [1.29, 1.82) is 0 Å². The average Bonchev–Trinajstić information content (AvgIpc) is 3.81. The van der Waals surface area contributed by atoms with Crippen molar-refractivity contribution in [3.05, 3.63) is 125 Å². The van der Waals surface area contributed by atoms with Crippen LogP contribution in [-0.2, 0) is 24.3 Å². The molecule has 2 aromatic carbocycles. The fourth-order valence-corrected chi connectivity index (χ4v) is 6.74. The van der Waals surface area contributed by atoms with Crippen LogP contribution in [0.25, 0.3) is 27.9 Å². The summed E-state index contributed by atoms with van der Waals surface area (Å²) in [6.07, 6.45) is 9.33. The first kappa shape index (κ1) is 33.5. The van der Waals surface area contributed by atoms with Gasteiger partial charge in [-0.05, 0) is 36.6 Å². The minimum absolute atomic E-state index is 0.0302. The van der Waals surface area contributed by atoms with Gasteiger partial charge in [-0.15, -0.1) is 0 Å². The van der Waals surface area contributed by atoms with Crippen LogP contribution in [0.3, 0.4) is 0 Å². The number of rotatable bonds is 11. The maximum absolute atomic E-state index is 12.9. The number of anilines is 2. The third kappa shape index (κ3) is 6.78. The van der Waals surface area contributed by atoms with E-state index in [0.29, 0.717) is 65.1 Å². The monoisotopic (exact) mass is 680 g/mol. The molecule has 6 aromatic rings. The van der Waals surface area contributed by atoms with E-state index in [4.69, 9.17) is 9.97 Å². The van der Waals surface area contributed by atoms with E-state index in [2.05, 4.69) is 40.5 Å².